The number of rotatable bonds is 1. The van der Waals surface area contributed by atoms with Gasteiger partial charge in [0.25, 0.3) is 0 Å². The molecule has 1 fully saturated rings. The Kier molecular flexibility index (Phi) is 2.14. The van der Waals surface area contributed by atoms with Gasteiger partial charge in [-0.25, -0.2) is 0 Å². The minimum absolute atomic E-state index is 0.00961. The monoisotopic (exact) mass is 167 g/mol. The van der Waals surface area contributed by atoms with Crippen LogP contribution in [0.2, 0.25) is 0 Å². The fourth-order valence-electron chi connectivity index (χ4n) is 1.38. The van der Waals surface area contributed by atoms with E-state index in [0.717, 1.165) is 0 Å². The van der Waals surface area contributed by atoms with Crippen molar-refractivity contribution in [2.75, 3.05) is 6.54 Å². The molecule has 0 bridgehead atoms. The van der Waals surface area contributed by atoms with E-state index in [1.165, 1.54) is 4.90 Å². The van der Waals surface area contributed by atoms with Crippen molar-refractivity contribution in [3.8, 4) is 0 Å². The molecule has 0 saturated carbocycles. The van der Waals surface area contributed by atoms with Crippen LogP contribution in [-0.2, 0) is 0 Å². The van der Waals surface area contributed by atoms with Crippen molar-refractivity contribution in [2.45, 2.75) is 38.5 Å². The van der Waals surface area contributed by atoms with Gasteiger partial charge in [0.1, 0.15) is 6.04 Å². The number of likely N-dealkylation sites (tertiary alicyclic amines) is 1. The lowest BCUT2D eigenvalue weighted by Crippen LogP contribution is -2.58. The highest BCUT2D eigenvalue weighted by atomic mass is 19.4. The molecule has 1 heterocycles. The molecule has 11 heavy (non-hydrogen) atoms. The van der Waals surface area contributed by atoms with Crippen LogP contribution in [0.3, 0.4) is 0 Å². The molecule has 1 aliphatic rings. The van der Waals surface area contributed by atoms with Crippen LogP contribution in [0.5, 0.6) is 0 Å². The molecule has 0 aromatic rings. The molecule has 1 unspecified atom stereocenters. The molecule has 66 valence electrons. The van der Waals surface area contributed by atoms with Crippen molar-refractivity contribution in [3.63, 3.8) is 0 Å². The van der Waals surface area contributed by atoms with E-state index in [-0.39, 0.29) is 12.5 Å². The molecule has 1 atom stereocenters. The van der Waals surface area contributed by atoms with E-state index in [4.69, 9.17) is 0 Å². The van der Waals surface area contributed by atoms with Crippen LogP contribution >= 0.6 is 0 Å². The van der Waals surface area contributed by atoms with E-state index in [2.05, 4.69) is 0 Å². The second-order valence-corrected chi connectivity index (χ2v) is 3.18. The van der Waals surface area contributed by atoms with Gasteiger partial charge >= 0.3 is 6.18 Å². The van der Waals surface area contributed by atoms with E-state index in [9.17, 15) is 13.2 Å². The molecule has 1 saturated heterocycles. The third kappa shape index (κ3) is 1.67. The predicted octanol–water partition coefficient (Wildman–Crippen LogP) is 2.03. The zero-order valence-electron chi connectivity index (χ0n) is 6.65. The van der Waals surface area contributed by atoms with E-state index in [1.807, 2.05) is 0 Å². The maximum atomic E-state index is 12.1. The van der Waals surface area contributed by atoms with Crippen LogP contribution < -0.4 is 0 Å². The molecule has 0 aromatic heterocycles. The molecule has 0 N–H and O–H groups in total. The zero-order chi connectivity index (χ0) is 8.65. The average Bonchev–Trinajstić information content (AvgIpc) is 1.51. The molecule has 0 radical (unpaired) electrons. The first-order valence-electron chi connectivity index (χ1n) is 3.75. The van der Waals surface area contributed by atoms with Gasteiger partial charge in [0.15, 0.2) is 0 Å². The summed E-state index contributed by atoms with van der Waals surface area (Å²) < 4.78 is 36.2. The maximum Gasteiger partial charge on any atom is 0.404 e. The van der Waals surface area contributed by atoms with E-state index in [0.29, 0.717) is 6.54 Å². The Hall–Kier alpha value is -0.250. The van der Waals surface area contributed by atoms with Crippen molar-refractivity contribution < 1.29 is 13.2 Å². The highest BCUT2D eigenvalue weighted by molar-refractivity contribution is 4.89. The Labute approximate surface area is 64.2 Å². The van der Waals surface area contributed by atoms with Crippen LogP contribution in [0.15, 0.2) is 0 Å². The van der Waals surface area contributed by atoms with Crippen molar-refractivity contribution in [3.05, 3.63) is 0 Å². The zero-order valence-corrected chi connectivity index (χ0v) is 6.65. The van der Waals surface area contributed by atoms with E-state index >= 15 is 0 Å². The number of halogens is 3. The van der Waals surface area contributed by atoms with Crippen molar-refractivity contribution in [1.82, 2.24) is 4.90 Å². The minimum atomic E-state index is -4.03. The van der Waals surface area contributed by atoms with Gasteiger partial charge in [0.05, 0.1) is 0 Å². The smallest absolute Gasteiger partial charge is 0.290 e. The summed E-state index contributed by atoms with van der Waals surface area (Å²) in [5.41, 5.74) is 0. The number of hydrogen-bond donors (Lipinski definition) is 0. The fraction of sp³-hybridized carbons (Fsp3) is 1.00. The summed E-state index contributed by atoms with van der Waals surface area (Å²) in [6, 6.07) is -1.17. The van der Waals surface area contributed by atoms with Gasteiger partial charge in [0.2, 0.25) is 0 Å². The lowest BCUT2D eigenvalue weighted by Gasteiger charge is -2.44. The summed E-state index contributed by atoms with van der Waals surface area (Å²) in [5, 5.41) is 0. The van der Waals surface area contributed by atoms with E-state index in [1.54, 1.807) is 13.8 Å². The highest BCUT2D eigenvalue weighted by Gasteiger charge is 2.49. The summed E-state index contributed by atoms with van der Waals surface area (Å²) >= 11 is 0. The van der Waals surface area contributed by atoms with Gasteiger partial charge in [-0.15, -0.1) is 0 Å². The SMILES string of the molecule is CC(C)N1CCC1C(F)(F)F. The average molecular weight is 167 g/mol. The quantitative estimate of drug-likeness (QED) is 0.577. The van der Waals surface area contributed by atoms with Crippen molar-refractivity contribution in [2.24, 2.45) is 0 Å². The largest absolute Gasteiger partial charge is 0.404 e. The Bertz CT molecular complexity index is 141. The van der Waals surface area contributed by atoms with Crippen molar-refractivity contribution in [1.29, 1.82) is 0 Å². The Morgan fingerprint density at radius 1 is 1.36 bits per heavy atom. The Morgan fingerprint density at radius 2 is 1.91 bits per heavy atom. The van der Waals surface area contributed by atoms with Gasteiger partial charge in [-0.05, 0) is 20.3 Å². The molecule has 0 aromatic carbocycles. The third-order valence-corrected chi connectivity index (χ3v) is 2.10. The van der Waals surface area contributed by atoms with Crippen LogP contribution in [-0.4, -0.2) is 29.7 Å². The summed E-state index contributed by atoms with van der Waals surface area (Å²) in [4.78, 5) is 1.47. The number of nitrogens with zero attached hydrogens (tertiary/aromatic N) is 1. The van der Waals surface area contributed by atoms with Crippen molar-refractivity contribution >= 4 is 0 Å². The summed E-state index contributed by atoms with van der Waals surface area (Å²) in [6.45, 7) is 4.16. The number of hydrogen-bond acceptors (Lipinski definition) is 1. The van der Waals surface area contributed by atoms with Crippen LogP contribution in [0.25, 0.3) is 0 Å². The van der Waals surface area contributed by atoms with E-state index < -0.39 is 12.2 Å². The normalized spacial score (nSPS) is 27.3. The molecular weight excluding hydrogens is 155 g/mol. The van der Waals surface area contributed by atoms with Gasteiger partial charge in [-0.3, -0.25) is 4.90 Å². The molecule has 1 rings (SSSR count). The summed E-state index contributed by atoms with van der Waals surface area (Å²) in [6.07, 6.45) is -3.76. The molecular formula is C7H12F3N. The summed E-state index contributed by atoms with van der Waals surface area (Å²) in [5.74, 6) is 0. The van der Waals surface area contributed by atoms with Crippen LogP contribution in [0, 0.1) is 0 Å². The molecule has 4 heteroatoms. The lowest BCUT2D eigenvalue weighted by molar-refractivity contribution is -0.216. The van der Waals surface area contributed by atoms with Gasteiger partial charge < -0.3 is 0 Å². The fourth-order valence-corrected chi connectivity index (χ4v) is 1.38. The van der Waals surface area contributed by atoms with Gasteiger partial charge in [-0.1, -0.05) is 0 Å². The second kappa shape index (κ2) is 2.66. The molecule has 1 nitrogen and oxygen atoms in total. The van der Waals surface area contributed by atoms with Crippen LogP contribution in [0.4, 0.5) is 13.2 Å². The molecule has 0 amide bonds. The number of alkyl halides is 3. The third-order valence-electron chi connectivity index (χ3n) is 2.10. The van der Waals surface area contributed by atoms with Gasteiger partial charge in [0, 0.05) is 12.6 Å². The first-order valence-corrected chi connectivity index (χ1v) is 3.75. The van der Waals surface area contributed by atoms with Crippen LogP contribution in [0.1, 0.15) is 20.3 Å². The molecule has 1 aliphatic heterocycles. The Morgan fingerprint density at radius 3 is 2.00 bits per heavy atom. The standard InChI is InChI=1S/C7H12F3N/c1-5(2)11-4-3-6(11)7(8,9)10/h5-6H,3-4H2,1-2H3. The summed E-state index contributed by atoms with van der Waals surface area (Å²) in [7, 11) is 0. The molecule has 0 aliphatic carbocycles. The topological polar surface area (TPSA) is 3.24 Å². The maximum absolute atomic E-state index is 12.1. The first kappa shape index (κ1) is 8.84. The van der Waals surface area contributed by atoms with Gasteiger partial charge in [-0.2, -0.15) is 13.2 Å². The molecule has 0 spiro atoms. The predicted molar refractivity (Wildman–Crippen MR) is 36.3 cm³/mol. The Balaban J connectivity index is 2.50. The highest BCUT2D eigenvalue weighted by Crippen LogP contribution is 2.34. The first-order chi connectivity index (χ1) is 4.93. The lowest BCUT2D eigenvalue weighted by atomic mass is 10.0. The minimum Gasteiger partial charge on any atom is -0.290 e. The second-order valence-electron chi connectivity index (χ2n) is 3.18.